The van der Waals surface area contributed by atoms with Crippen molar-refractivity contribution in [2.24, 2.45) is 17.8 Å². The molecule has 5 aliphatic carbocycles. The van der Waals surface area contributed by atoms with Crippen molar-refractivity contribution in [3.05, 3.63) is 12.3 Å². The van der Waals surface area contributed by atoms with Crippen molar-refractivity contribution in [3.8, 4) is 0 Å². The number of hydrogen-bond acceptors (Lipinski definition) is 2. The summed E-state index contributed by atoms with van der Waals surface area (Å²) in [5.74, 6) is 2.72. The van der Waals surface area contributed by atoms with Crippen molar-refractivity contribution in [1.82, 2.24) is 10.2 Å². The molecule has 0 bridgehead atoms. The second kappa shape index (κ2) is 15.8. The number of allylic oxidation sites excluding steroid dienone is 1. The molecule has 0 aromatic carbocycles. The van der Waals surface area contributed by atoms with Gasteiger partial charge in [0.25, 0.3) is 0 Å². The first-order valence-corrected chi connectivity index (χ1v) is 16.9. The SMILES string of the molecule is C=C(C1CCC(CNC2CCCCC2)CC1)N(C1CCCCC1)C1CCCCC1.CC1CCCCC1. The third-order valence-electron chi connectivity index (χ3n) is 10.8. The number of nitrogens with one attached hydrogen (secondary N) is 1. The monoisotopic (exact) mass is 498 g/mol. The minimum Gasteiger partial charge on any atom is -0.369 e. The summed E-state index contributed by atoms with van der Waals surface area (Å²) in [5.41, 5.74) is 1.56. The number of hydrogen-bond donors (Lipinski definition) is 1. The van der Waals surface area contributed by atoms with Gasteiger partial charge in [0.05, 0.1) is 0 Å². The van der Waals surface area contributed by atoms with E-state index < -0.39 is 0 Å². The lowest BCUT2D eigenvalue weighted by atomic mass is 9.78. The van der Waals surface area contributed by atoms with Crippen LogP contribution in [0.4, 0.5) is 0 Å². The molecule has 5 rings (SSSR count). The minimum atomic E-state index is 0.768. The van der Waals surface area contributed by atoms with E-state index in [1.165, 1.54) is 161 Å². The van der Waals surface area contributed by atoms with Gasteiger partial charge in [-0.1, -0.05) is 103 Å². The number of rotatable bonds is 7. The van der Waals surface area contributed by atoms with Gasteiger partial charge in [-0.25, -0.2) is 0 Å². The van der Waals surface area contributed by atoms with Crippen LogP contribution in [0.3, 0.4) is 0 Å². The average Bonchev–Trinajstić information content (AvgIpc) is 2.95. The predicted molar refractivity (Wildman–Crippen MR) is 157 cm³/mol. The molecule has 0 unspecified atom stereocenters. The second-order valence-electron chi connectivity index (χ2n) is 13.7. The fourth-order valence-corrected chi connectivity index (χ4v) is 8.34. The molecule has 0 amide bonds. The lowest BCUT2D eigenvalue weighted by Gasteiger charge is -2.47. The Bertz CT molecular complexity index is 564. The molecular formula is C34H62N2. The van der Waals surface area contributed by atoms with Gasteiger partial charge in [0, 0.05) is 23.8 Å². The van der Waals surface area contributed by atoms with Crippen molar-refractivity contribution < 1.29 is 0 Å². The fourth-order valence-electron chi connectivity index (χ4n) is 8.34. The molecule has 5 saturated carbocycles. The van der Waals surface area contributed by atoms with Gasteiger partial charge in [0.1, 0.15) is 0 Å². The van der Waals surface area contributed by atoms with Gasteiger partial charge < -0.3 is 10.2 Å². The highest BCUT2D eigenvalue weighted by Gasteiger charge is 2.34. The Morgan fingerprint density at radius 1 is 0.583 bits per heavy atom. The first-order valence-electron chi connectivity index (χ1n) is 16.9. The Labute approximate surface area is 225 Å². The zero-order chi connectivity index (χ0) is 25.0. The van der Waals surface area contributed by atoms with Crippen molar-refractivity contribution >= 4 is 0 Å². The summed E-state index contributed by atoms with van der Waals surface area (Å²) >= 11 is 0. The van der Waals surface area contributed by atoms with Crippen molar-refractivity contribution in [1.29, 1.82) is 0 Å². The molecule has 0 radical (unpaired) electrons. The van der Waals surface area contributed by atoms with Gasteiger partial charge in [-0.2, -0.15) is 0 Å². The summed E-state index contributed by atoms with van der Waals surface area (Å²) in [6.45, 7) is 8.42. The summed E-state index contributed by atoms with van der Waals surface area (Å²) in [5, 5.41) is 3.93. The Kier molecular flexibility index (Phi) is 12.5. The van der Waals surface area contributed by atoms with Crippen molar-refractivity contribution in [2.75, 3.05) is 6.54 Å². The van der Waals surface area contributed by atoms with E-state index in [9.17, 15) is 0 Å². The molecular weight excluding hydrogens is 436 g/mol. The molecule has 208 valence electrons. The second-order valence-corrected chi connectivity index (χ2v) is 13.7. The van der Waals surface area contributed by atoms with Crippen LogP contribution in [-0.4, -0.2) is 29.6 Å². The first kappa shape index (κ1) is 28.5. The molecule has 1 N–H and O–H groups in total. The molecule has 5 aliphatic rings. The summed E-state index contributed by atoms with van der Waals surface area (Å²) < 4.78 is 0. The van der Waals surface area contributed by atoms with Gasteiger partial charge in [-0.3, -0.25) is 0 Å². The first-order chi connectivity index (χ1) is 17.7. The maximum atomic E-state index is 4.78. The van der Waals surface area contributed by atoms with Crippen LogP contribution in [0, 0.1) is 17.8 Å². The van der Waals surface area contributed by atoms with Gasteiger partial charge in [-0.05, 0) is 88.5 Å². The zero-order valence-corrected chi connectivity index (χ0v) is 24.3. The normalized spacial score (nSPS) is 29.8. The Morgan fingerprint density at radius 2 is 1.03 bits per heavy atom. The Hall–Kier alpha value is -0.500. The molecule has 0 heterocycles. The van der Waals surface area contributed by atoms with Crippen LogP contribution in [0.2, 0.25) is 0 Å². The summed E-state index contributed by atoms with van der Waals surface area (Å²) in [4.78, 5) is 2.92. The van der Waals surface area contributed by atoms with Crippen molar-refractivity contribution in [2.45, 2.75) is 179 Å². The Balaban J connectivity index is 0.000000375. The maximum absolute atomic E-state index is 4.78. The van der Waals surface area contributed by atoms with Crippen LogP contribution in [0.1, 0.15) is 161 Å². The molecule has 0 spiro atoms. The molecule has 0 saturated heterocycles. The highest BCUT2D eigenvalue weighted by molar-refractivity contribution is 5.07. The predicted octanol–water partition coefficient (Wildman–Crippen LogP) is 9.78. The molecule has 2 heteroatoms. The third kappa shape index (κ3) is 9.06. The standard InChI is InChI=1S/C27H48N2.C7H14/c1-22(29(26-13-7-3-8-14-26)27-15-9-4-10-16-27)24-19-17-23(18-20-24)21-28-25-11-5-2-6-12-25;1-7-5-3-2-4-6-7/h23-28H,1-21H2;7H,2-6H2,1H3. The van der Waals surface area contributed by atoms with Crippen LogP contribution in [-0.2, 0) is 0 Å². The van der Waals surface area contributed by atoms with Gasteiger partial charge in [0.15, 0.2) is 0 Å². The van der Waals surface area contributed by atoms with E-state index in [-0.39, 0.29) is 0 Å². The maximum Gasteiger partial charge on any atom is 0.0289 e. The Morgan fingerprint density at radius 3 is 1.47 bits per heavy atom. The van der Waals surface area contributed by atoms with E-state index in [4.69, 9.17) is 6.58 Å². The molecule has 0 aliphatic heterocycles. The number of nitrogens with zero attached hydrogens (tertiary/aromatic N) is 1. The van der Waals surface area contributed by atoms with Gasteiger partial charge >= 0.3 is 0 Å². The molecule has 0 aromatic heterocycles. The molecule has 36 heavy (non-hydrogen) atoms. The largest absolute Gasteiger partial charge is 0.369 e. The summed E-state index contributed by atoms with van der Waals surface area (Å²) in [7, 11) is 0. The van der Waals surface area contributed by atoms with Gasteiger partial charge in [-0.15, -0.1) is 0 Å². The van der Waals surface area contributed by atoms with E-state index in [1.807, 2.05) is 0 Å². The zero-order valence-electron chi connectivity index (χ0n) is 24.3. The highest BCUT2D eigenvalue weighted by atomic mass is 15.2. The lowest BCUT2D eigenvalue weighted by molar-refractivity contribution is 0.0959. The lowest BCUT2D eigenvalue weighted by Crippen LogP contribution is -2.46. The van der Waals surface area contributed by atoms with Gasteiger partial charge in [0.2, 0.25) is 0 Å². The minimum absolute atomic E-state index is 0.768. The smallest absolute Gasteiger partial charge is 0.0289 e. The van der Waals surface area contributed by atoms with E-state index in [0.29, 0.717) is 0 Å². The molecule has 2 nitrogen and oxygen atoms in total. The third-order valence-corrected chi connectivity index (χ3v) is 10.8. The van der Waals surface area contributed by atoms with Crippen LogP contribution in [0.15, 0.2) is 12.3 Å². The van der Waals surface area contributed by atoms with Crippen molar-refractivity contribution in [3.63, 3.8) is 0 Å². The average molecular weight is 499 g/mol. The van der Waals surface area contributed by atoms with E-state index in [1.54, 1.807) is 5.70 Å². The fraction of sp³-hybridized carbons (Fsp3) is 0.941. The van der Waals surface area contributed by atoms with E-state index >= 15 is 0 Å². The van der Waals surface area contributed by atoms with E-state index in [2.05, 4.69) is 17.1 Å². The highest BCUT2D eigenvalue weighted by Crippen LogP contribution is 2.40. The molecule has 5 fully saturated rings. The molecule has 0 aromatic rings. The molecule has 0 atom stereocenters. The van der Waals surface area contributed by atoms with Crippen LogP contribution in [0.5, 0.6) is 0 Å². The van der Waals surface area contributed by atoms with Crippen LogP contribution >= 0.6 is 0 Å². The summed E-state index contributed by atoms with van der Waals surface area (Å²) in [6.07, 6.45) is 34.7. The van der Waals surface area contributed by atoms with E-state index in [0.717, 1.165) is 35.9 Å². The summed E-state index contributed by atoms with van der Waals surface area (Å²) in [6, 6.07) is 2.44. The quantitative estimate of drug-likeness (QED) is 0.376. The topological polar surface area (TPSA) is 15.3 Å². The van der Waals surface area contributed by atoms with Crippen LogP contribution < -0.4 is 5.32 Å². The van der Waals surface area contributed by atoms with Crippen LogP contribution in [0.25, 0.3) is 0 Å².